The van der Waals surface area contributed by atoms with E-state index < -0.39 is 18.3 Å². The van der Waals surface area contributed by atoms with E-state index in [0.717, 1.165) is 11.0 Å². The van der Waals surface area contributed by atoms with E-state index in [9.17, 15) is 5.11 Å². The third-order valence-electron chi connectivity index (χ3n) is 4.70. The molecule has 22 heavy (non-hydrogen) atoms. The van der Waals surface area contributed by atoms with Crippen LogP contribution in [0.3, 0.4) is 0 Å². The monoisotopic (exact) mass is 302 g/mol. The molecule has 0 spiro atoms. The Kier molecular flexibility index (Phi) is 4.86. The third-order valence-corrected chi connectivity index (χ3v) is 4.70. The summed E-state index contributed by atoms with van der Waals surface area (Å²) in [4.78, 5) is 0. The quantitative estimate of drug-likeness (QED) is 0.859. The molecule has 1 saturated heterocycles. The molecular formula is C18H27BO3. The molecule has 1 heterocycles. The number of benzene rings is 1. The molecule has 1 N–H and O–H groups in total. The molecule has 1 aliphatic heterocycles. The summed E-state index contributed by atoms with van der Waals surface area (Å²) in [7, 11) is -0.504. The molecule has 1 aliphatic rings. The molecule has 3 nitrogen and oxygen atoms in total. The lowest BCUT2D eigenvalue weighted by Crippen LogP contribution is -2.41. The smallest absolute Gasteiger partial charge is 0.400 e. The molecule has 1 aromatic rings. The van der Waals surface area contributed by atoms with Gasteiger partial charge in [-0.2, -0.15) is 0 Å². The van der Waals surface area contributed by atoms with Crippen molar-refractivity contribution in [3.63, 3.8) is 0 Å². The molecule has 1 fully saturated rings. The van der Waals surface area contributed by atoms with Crippen LogP contribution in [0, 0.1) is 0 Å². The molecule has 0 atom stereocenters. The van der Waals surface area contributed by atoms with Crippen LogP contribution >= 0.6 is 0 Å². The number of aliphatic hydroxyl groups excluding tert-OH is 1. The molecule has 2 rings (SSSR count). The Hall–Kier alpha value is -1.10. The Bertz CT molecular complexity index is 545. The molecular weight excluding hydrogens is 275 g/mol. The minimum Gasteiger partial charge on any atom is -0.400 e. The number of aliphatic hydroxyl groups is 1. The van der Waals surface area contributed by atoms with Crippen LogP contribution in [0.5, 0.6) is 0 Å². The first-order valence-electron chi connectivity index (χ1n) is 7.94. The molecule has 0 aliphatic carbocycles. The Morgan fingerprint density at radius 2 is 1.68 bits per heavy atom. The van der Waals surface area contributed by atoms with E-state index in [4.69, 9.17) is 9.31 Å². The Morgan fingerprint density at radius 3 is 2.18 bits per heavy atom. The predicted octanol–water partition coefficient (Wildman–Crippen LogP) is 3.82. The van der Waals surface area contributed by atoms with Gasteiger partial charge in [0.25, 0.3) is 0 Å². The predicted molar refractivity (Wildman–Crippen MR) is 91.7 cm³/mol. The van der Waals surface area contributed by atoms with Crippen molar-refractivity contribution < 1.29 is 14.4 Å². The summed E-state index contributed by atoms with van der Waals surface area (Å²) >= 11 is 0. The molecule has 120 valence electrons. The average Bonchev–Trinajstić information content (AvgIpc) is 2.64. The summed E-state index contributed by atoms with van der Waals surface area (Å²) in [5.74, 6) is 0.422. The number of rotatable bonds is 4. The highest BCUT2D eigenvalue weighted by atomic mass is 16.7. The van der Waals surface area contributed by atoms with Crippen LogP contribution in [0.25, 0.3) is 6.08 Å². The van der Waals surface area contributed by atoms with Gasteiger partial charge in [-0.15, -0.1) is 0 Å². The van der Waals surface area contributed by atoms with Crippen LogP contribution in [0.15, 0.2) is 29.7 Å². The maximum atomic E-state index is 9.79. The fraction of sp³-hybridized carbons (Fsp3) is 0.556. The Labute approximate surface area is 134 Å². The van der Waals surface area contributed by atoms with Crippen LogP contribution in [0.1, 0.15) is 58.6 Å². The molecule has 0 unspecified atom stereocenters. The maximum Gasteiger partial charge on any atom is 0.492 e. The zero-order valence-corrected chi connectivity index (χ0v) is 14.5. The zero-order valence-electron chi connectivity index (χ0n) is 14.5. The first-order chi connectivity index (χ1) is 10.2. The van der Waals surface area contributed by atoms with Gasteiger partial charge in [-0.3, -0.25) is 0 Å². The Morgan fingerprint density at radius 1 is 1.14 bits per heavy atom. The maximum absolute atomic E-state index is 9.79. The molecule has 0 amide bonds. The first kappa shape index (κ1) is 17.3. The van der Waals surface area contributed by atoms with Gasteiger partial charge in [0.1, 0.15) is 0 Å². The first-order valence-corrected chi connectivity index (χ1v) is 7.94. The molecule has 0 radical (unpaired) electrons. The van der Waals surface area contributed by atoms with Crippen molar-refractivity contribution in [2.45, 2.75) is 58.7 Å². The van der Waals surface area contributed by atoms with Gasteiger partial charge in [0.05, 0.1) is 17.8 Å². The van der Waals surface area contributed by atoms with Gasteiger partial charge in [0, 0.05) is 0 Å². The highest BCUT2D eigenvalue weighted by Gasteiger charge is 2.52. The summed E-state index contributed by atoms with van der Waals surface area (Å²) in [6, 6.07) is 8.24. The lowest BCUT2D eigenvalue weighted by Gasteiger charge is -2.32. The second-order valence-electron chi connectivity index (χ2n) is 7.25. The Balaban J connectivity index is 2.34. The molecule has 0 saturated carbocycles. The normalized spacial score (nSPS) is 20.7. The number of hydrogen-bond donors (Lipinski definition) is 1. The average molecular weight is 302 g/mol. The van der Waals surface area contributed by atoms with Crippen molar-refractivity contribution >= 4 is 13.2 Å². The molecule has 4 heteroatoms. The van der Waals surface area contributed by atoms with Gasteiger partial charge >= 0.3 is 7.12 Å². The zero-order chi connectivity index (χ0) is 16.5. The topological polar surface area (TPSA) is 38.7 Å². The molecule has 0 aromatic heterocycles. The fourth-order valence-corrected chi connectivity index (χ4v) is 2.55. The highest BCUT2D eigenvalue weighted by Crippen LogP contribution is 2.39. The van der Waals surface area contributed by atoms with E-state index in [1.54, 1.807) is 0 Å². The molecule has 1 aromatic carbocycles. The van der Waals surface area contributed by atoms with Gasteiger partial charge in [-0.25, -0.2) is 0 Å². The van der Waals surface area contributed by atoms with Crippen LogP contribution in [-0.4, -0.2) is 30.0 Å². The van der Waals surface area contributed by atoms with Gasteiger partial charge < -0.3 is 14.4 Å². The van der Waals surface area contributed by atoms with Crippen LogP contribution in [0.2, 0.25) is 0 Å². The standard InChI is InChI=1S/C18H27BO3/c1-13(2)16-10-8-7-9-14(16)11-15(12-20)19-21-17(3,4)18(5,6)22-19/h7-11,13,20H,12H2,1-6H3. The van der Waals surface area contributed by atoms with Gasteiger partial charge in [-0.05, 0) is 50.2 Å². The largest absolute Gasteiger partial charge is 0.492 e. The summed E-state index contributed by atoms with van der Waals surface area (Å²) in [6.45, 7) is 12.3. The minimum absolute atomic E-state index is 0.0801. The highest BCUT2D eigenvalue weighted by molar-refractivity contribution is 6.55. The van der Waals surface area contributed by atoms with Crippen molar-refractivity contribution in [2.75, 3.05) is 6.61 Å². The summed E-state index contributed by atoms with van der Waals surface area (Å²) in [6.07, 6.45) is 2.00. The van der Waals surface area contributed by atoms with Crippen molar-refractivity contribution in [3.05, 3.63) is 40.9 Å². The van der Waals surface area contributed by atoms with Crippen molar-refractivity contribution in [2.24, 2.45) is 0 Å². The van der Waals surface area contributed by atoms with Crippen molar-refractivity contribution in [3.8, 4) is 0 Å². The van der Waals surface area contributed by atoms with E-state index in [0.29, 0.717) is 5.92 Å². The fourth-order valence-electron chi connectivity index (χ4n) is 2.55. The minimum atomic E-state index is -0.504. The van der Waals surface area contributed by atoms with Crippen molar-refractivity contribution in [1.29, 1.82) is 0 Å². The second-order valence-corrected chi connectivity index (χ2v) is 7.25. The van der Waals surface area contributed by atoms with E-state index in [2.05, 4.69) is 26.0 Å². The van der Waals surface area contributed by atoms with Crippen LogP contribution in [0.4, 0.5) is 0 Å². The van der Waals surface area contributed by atoms with Crippen LogP contribution in [-0.2, 0) is 9.31 Å². The van der Waals surface area contributed by atoms with Crippen molar-refractivity contribution in [1.82, 2.24) is 0 Å². The van der Waals surface area contributed by atoms with E-state index in [1.807, 2.05) is 45.9 Å². The van der Waals surface area contributed by atoms with E-state index >= 15 is 0 Å². The summed E-state index contributed by atoms with van der Waals surface area (Å²) in [5, 5.41) is 9.79. The summed E-state index contributed by atoms with van der Waals surface area (Å²) in [5.41, 5.74) is 2.32. The van der Waals surface area contributed by atoms with Gasteiger partial charge in [-0.1, -0.05) is 44.2 Å². The number of hydrogen-bond acceptors (Lipinski definition) is 3. The molecule has 0 bridgehead atoms. The van der Waals surface area contributed by atoms with Crippen LogP contribution < -0.4 is 0 Å². The SMILES string of the molecule is CC(C)c1ccccc1C=C(CO)B1OC(C)(C)C(C)(C)O1. The summed E-state index contributed by atoms with van der Waals surface area (Å²) < 4.78 is 12.1. The second kappa shape index (κ2) is 6.19. The van der Waals surface area contributed by atoms with E-state index in [-0.39, 0.29) is 6.61 Å². The lowest BCUT2D eigenvalue weighted by molar-refractivity contribution is 0.00578. The van der Waals surface area contributed by atoms with Gasteiger partial charge in [0.15, 0.2) is 0 Å². The van der Waals surface area contributed by atoms with Gasteiger partial charge in [0.2, 0.25) is 0 Å². The van der Waals surface area contributed by atoms with E-state index in [1.165, 1.54) is 5.56 Å². The third kappa shape index (κ3) is 3.29. The lowest BCUT2D eigenvalue weighted by atomic mass is 9.77.